The number of benzene rings is 1. The summed E-state index contributed by atoms with van der Waals surface area (Å²) in [6, 6.07) is 5.13. The molecule has 1 heterocycles. The second kappa shape index (κ2) is 8.03. The van der Waals surface area contributed by atoms with E-state index in [4.69, 9.17) is 25.4 Å². The topological polar surface area (TPSA) is 137 Å². The van der Waals surface area contributed by atoms with Crippen molar-refractivity contribution in [2.75, 3.05) is 19.5 Å². The molecule has 5 N–H and O–H groups in total. The summed E-state index contributed by atoms with van der Waals surface area (Å²) in [5.74, 6) is 1.54. The molecule has 0 radical (unpaired) electrons. The fraction of sp³-hybridized carbons (Fsp3) is 0.316. The van der Waals surface area contributed by atoms with E-state index in [-0.39, 0.29) is 17.6 Å². The zero-order valence-corrected chi connectivity index (χ0v) is 16.0. The molecule has 0 bridgehead atoms. The minimum absolute atomic E-state index is 0.120. The molecule has 0 fully saturated rings. The molecule has 9 heteroatoms. The van der Waals surface area contributed by atoms with Gasteiger partial charge in [0.15, 0.2) is 5.76 Å². The quantitative estimate of drug-likeness (QED) is 0.410. The van der Waals surface area contributed by atoms with Crippen molar-refractivity contribution in [1.82, 2.24) is 0 Å². The van der Waals surface area contributed by atoms with Gasteiger partial charge >= 0.3 is 0 Å². The van der Waals surface area contributed by atoms with Gasteiger partial charge in [-0.2, -0.15) is 5.10 Å². The Morgan fingerprint density at radius 2 is 2.00 bits per heavy atom. The number of rotatable bonds is 5. The monoisotopic (exact) mass is 385 g/mol. The van der Waals surface area contributed by atoms with E-state index >= 15 is 0 Å². The van der Waals surface area contributed by atoms with E-state index in [9.17, 15) is 4.79 Å². The SMILES string of the molecule is COc1ccc(NC(=O)c2oc3c(c2C)/C(=N/N=C(N)N)CCC3)c(OC)c1. The van der Waals surface area contributed by atoms with Gasteiger partial charge in [-0.1, -0.05) is 0 Å². The molecule has 0 saturated carbocycles. The molecule has 0 atom stereocenters. The number of hydrogen-bond donors (Lipinski definition) is 3. The van der Waals surface area contributed by atoms with E-state index in [0.717, 1.165) is 18.4 Å². The maximum absolute atomic E-state index is 12.8. The molecule has 1 aliphatic carbocycles. The van der Waals surface area contributed by atoms with Crippen LogP contribution in [0.5, 0.6) is 11.5 Å². The van der Waals surface area contributed by atoms with Crippen molar-refractivity contribution in [3.63, 3.8) is 0 Å². The van der Waals surface area contributed by atoms with Crippen molar-refractivity contribution in [2.24, 2.45) is 21.7 Å². The van der Waals surface area contributed by atoms with E-state index < -0.39 is 0 Å². The van der Waals surface area contributed by atoms with Gasteiger partial charge in [0.05, 0.1) is 25.6 Å². The van der Waals surface area contributed by atoms with Gasteiger partial charge in [0.1, 0.15) is 17.3 Å². The number of carbonyl (C=O) groups excluding carboxylic acids is 1. The first-order chi connectivity index (χ1) is 13.4. The lowest BCUT2D eigenvalue weighted by atomic mass is 9.93. The number of nitrogens with zero attached hydrogens (tertiary/aromatic N) is 2. The van der Waals surface area contributed by atoms with E-state index in [1.807, 2.05) is 6.92 Å². The number of nitrogens with two attached hydrogens (primary N) is 2. The Hall–Kier alpha value is -3.49. The predicted molar refractivity (Wildman–Crippen MR) is 106 cm³/mol. The van der Waals surface area contributed by atoms with Crippen LogP contribution in [0.1, 0.15) is 40.3 Å². The Morgan fingerprint density at radius 3 is 2.68 bits per heavy atom. The molecule has 9 nitrogen and oxygen atoms in total. The van der Waals surface area contributed by atoms with Gasteiger partial charge in [0.25, 0.3) is 5.91 Å². The van der Waals surface area contributed by atoms with Crippen LogP contribution in [0.4, 0.5) is 5.69 Å². The number of methoxy groups -OCH3 is 2. The number of aryl methyl sites for hydroxylation is 1. The van der Waals surface area contributed by atoms with Crippen LogP contribution in [-0.4, -0.2) is 31.8 Å². The standard InChI is InChI=1S/C19H23N5O4/c1-10-16-13(23-24-19(20)21)5-4-6-14(16)28-17(10)18(25)22-12-8-7-11(26-2)9-15(12)27-3/h7-9H,4-6H2,1-3H3,(H,22,25)(H4,20,21,24)/b23-13+. The van der Waals surface area contributed by atoms with Crippen LogP contribution >= 0.6 is 0 Å². The summed E-state index contributed by atoms with van der Waals surface area (Å²) >= 11 is 0. The molecular weight excluding hydrogens is 362 g/mol. The van der Waals surface area contributed by atoms with E-state index in [1.54, 1.807) is 25.3 Å². The molecule has 0 spiro atoms. The van der Waals surface area contributed by atoms with Gasteiger partial charge in [-0.3, -0.25) is 4.79 Å². The van der Waals surface area contributed by atoms with Crippen LogP contribution in [-0.2, 0) is 6.42 Å². The normalized spacial score (nSPS) is 14.3. The van der Waals surface area contributed by atoms with Crippen molar-refractivity contribution in [1.29, 1.82) is 0 Å². The second-order valence-corrected chi connectivity index (χ2v) is 6.30. The average molecular weight is 385 g/mol. The summed E-state index contributed by atoms with van der Waals surface area (Å²) < 4.78 is 16.4. The van der Waals surface area contributed by atoms with Crippen molar-refractivity contribution in [3.05, 3.63) is 40.8 Å². The Kier molecular flexibility index (Phi) is 5.53. The van der Waals surface area contributed by atoms with Crippen LogP contribution in [0.25, 0.3) is 0 Å². The molecule has 2 aromatic rings. The number of amides is 1. The molecular formula is C19H23N5O4. The number of carbonyl (C=O) groups is 1. The third-order valence-corrected chi connectivity index (χ3v) is 4.47. The Bertz CT molecular complexity index is 957. The molecule has 3 rings (SSSR count). The van der Waals surface area contributed by atoms with E-state index in [2.05, 4.69) is 15.5 Å². The number of hydrogen-bond acceptors (Lipinski definition) is 6. The number of ether oxygens (including phenoxy) is 2. The summed E-state index contributed by atoms with van der Waals surface area (Å²) in [5, 5.41) is 10.7. The summed E-state index contributed by atoms with van der Waals surface area (Å²) in [6.45, 7) is 1.82. The minimum Gasteiger partial charge on any atom is -0.497 e. The fourth-order valence-corrected chi connectivity index (χ4v) is 3.18. The van der Waals surface area contributed by atoms with Gasteiger partial charge in [-0.15, -0.1) is 5.10 Å². The van der Waals surface area contributed by atoms with Crippen LogP contribution in [0.2, 0.25) is 0 Å². The van der Waals surface area contributed by atoms with Gasteiger partial charge in [0, 0.05) is 23.6 Å². The number of guanidine groups is 1. The molecule has 1 amide bonds. The smallest absolute Gasteiger partial charge is 0.291 e. The van der Waals surface area contributed by atoms with Crippen LogP contribution < -0.4 is 26.3 Å². The minimum atomic E-state index is -0.378. The lowest BCUT2D eigenvalue weighted by Crippen LogP contribution is -2.22. The lowest BCUT2D eigenvalue weighted by molar-refractivity contribution is 0.0993. The largest absolute Gasteiger partial charge is 0.497 e. The molecule has 1 aromatic heterocycles. The zero-order valence-electron chi connectivity index (χ0n) is 16.0. The fourth-order valence-electron chi connectivity index (χ4n) is 3.18. The maximum atomic E-state index is 12.8. The summed E-state index contributed by atoms with van der Waals surface area (Å²) in [5.41, 5.74) is 13.4. The van der Waals surface area contributed by atoms with Crippen molar-refractivity contribution in [2.45, 2.75) is 26.2 Å². The highest BCUT2D eigenvalue weighted by Gasteiger charge is 2.28. The molecule has 28 heavy (non-hydrogen) atoms. The van der Waals surface area contributed by atoms with Gasteiger partial charge in [0.2, 0.25) is 5.96 Å². The first kappa shape index (κ1) is 19.3. The molecule has 0 aliphatic heterocycles. The highest BCUT2D eigenvalue weighted by molar-refractivity contribution is 6.09. The summed E-state index contributed by atoms with van der Waals surface area (Å²) in [6.07, 6.45) is 2.26. The number of nitrogens with one attached hydrogen (secondary N) is 1. The number of fused-ring (bicyclic) bond motifs is 1. The molecule has 0 saturated heterocycles. The van der Waals surface area contributed by atoms with E-state index in [1.165, 1.54) is 7.11 Å². The Balaban J connectivity index is 1.92. The van der Waals surface area contributed by atoms with E-state index in [0.29, 0.717) is 40.6 Å². The van der Waals surface area contributed by atoms with Gasteiger partial charge in [-0.05, 0) is 31.9 Å². The number of furan rings is 1. The Morgan fingerprint density at radius 1 is 1.21 bits per heavy atom. The lowest BCUT2D eigenvalue weighted by Gasteiger charge is -2.12. The molecule has 1 aliphatic rings. The highest BCUT2D eigenvalue weighted by Crippen LogP contribution is 2.32. The predicted octanol–water partition coefficient (Wildman–Crippen LogP) is 2.17. The zero-order chi connectivity index (χ0) is 20.3. The first-order valence-electron chi connectivity index (χ1n) is 8.76. The Labute approximate surface area is 162 Å². The highest BCUT2D eigenvalue weighted by atomic mass is 16.5. The van der Waals surface area contributed by atoms with Gasteiger partial charge in [-0.25, -0.2) is 0 Å². The van der Waals surface area contributed by atoms with Gasteiger partial charge < -0.3 is 30.7 Å². The maximum Gasteiger partial charge on any atom is 0.291 e. The molecule has 148 valence electrons. The third-order valence-electron chi connectivity index (χ3n) is 4.47. The van der Waals surface area contributed by atoms with Crippen LogP contribution in [0.3, 0.4) is 0 Å². The molecule has 0 unspecified atom stereocenters. The van der Waals surface area contributed by atoms with Crippen molar-refractivity contribution < 1.29 is 18.7 Å². The first-order valence-corrected chi connectivity index (χ1v) is 8.76. The van der Waals surface area contributed by atoms with Crippen LogP contribution in [0, 0.1) is 6.92 Å². The summed E-state index contributed by atoms with van der Waals surface area (Å²) in [4.78, 5) is 12.8. The van der Waals surface area contributed by atoms with Crippen molar-refractivity contribution >= 4 is 23.3 Å². The third kappa shape index (κ3) is 3.78. The second-order valence-electron chi connectivity index (χ2n) is 6.30. The average Bonchev–Trinajstić information content (AvgIpc) is 3.04. The number of anilines is 1. The van der Waals surface area contributed by atoms with Crippen LogP contribution in [0.15, 0.2) is 32.8 Å². The molecule has 1 aromatic carbocycles. The summed E-state index contributed by atoms with van der Waals surface area (Å²) in [7, 11) is 3.08. The van der Waals surface area contributed by atoms with Crippen molar-refractivity contribution in [3.8, 4) is 11.5 Å².